The van der Waals surface area contributed by atoms with Crippen LogP contribution in [0, 0.1) is 68.0 Å². The van der Waals surface area contributed by atoms with Gasteiger partial charge >= 0.3 is 23.9 Å². The molecule has 0 unspecified atom stereocenters. The van der Waals surface area contributed by atoms with Gasteiger partial charge in [0.2, 0.25) is 17.7 Å². The van der Waals surface area contributed by atoms with Gasteiger partial charge in [0.05, 0.1) is 156 Å². The Morgan fingerprint density at radius 3 is 1.35 bits per heavy atom. The summed E-state index contributed by atoms with van der Waals surface area (Å²) >= 11 is 12.0. The fourth-order valence-electron chi connectivity index (χ4n) is 8.34. The van der Waals surface area contributed by atoms with Crippen molar-refractivity contribution in [2.45, 2.75) is 18.9 Å². The molecule has 1 aliphatic rings. The average Bonchev–Trinajstić information content (AvgIpc) is 1.68. The maximum atomic E-state index is 11.3. The number of nitriles is 6. The largest absolute Gasteiger partial charge is 0.496 e. The summed E-state index contributed by atoms with van der Waals surface area (Å²) in [6.07, 6.45) is 1.33. The number of esters is 2. The Bertz CT molecular complexity index is 4880. The molecule has 0 radical (unpaired) electrons. The highest BCUT2D eigenvalue weighted by atomic mass is 79.9. The molecular formula is C69H57Br3N10O19S2. The van der Waals surface area contributed by atoms with Crippen LogP contribution in [0.1, 0.15) is 98.0 Å². The molecule has 34 heteroatoms. The molecule has 7 aromatic carbocycles. The first-order chi connectivity index (χ1) is 49.2. The zero-order valence-electron chi connectivity index (χ0n) is 55.5. The highest BCUT2D eigenvalue weighted by Gasteiger charge is 2.23. The first kappa shape index (κ1) is 83.1. The Balaban J connectivity index is 0.000000256. The van der Waals surface area contributed by atoms with Crippen molar-refractivity contribution >= 4 is 127 Å². The lowest BCUT2D eigenvalue weighted by Crippen LogP contribution is -2.30. The van der Waals surface area contributed by atoms with Crippen LogP contribution < -0.4 is 54.5 Å². The van der Waals surface area contributed by atoms with Crippen LogP contribution in [0.4, 0.5) is 0 Å². The number of carbonyl (C=O) groups is 6. The Hall–Kier alpha value is -12.3. The molecule has 1 fully saturated rings. The number of primary amides is 1. The normalized spacial score (nSPS) is 11.0. The summed E-state index contributed by atoms with van der Waals surface area (Å²) in [5.74, 6) is -0.127. The summed E-state index contributed by atoms with van der Waals surface area (Å²) in [6.45, 7) is 0.396. The zero-order valence-corrected chi connectivity index (χ0v) is 61.9. The van der Waals surface area contributed by atoms with Crippen LogP contribution in [0.25, 0.3) is 20.2 Å². The molecule has 0 aliphatic carbocycles. The molecule has 6 N–H and O–H groups in total. The quantitative estimate of drug-likeness (QED) is 0.0595. The van der Waals surface area contributed by atoms with E-state index in [0.717, 1.165) is 25.7 Å². The van der Waals surface area contributed by atoms with Crippen molar-refractivity contribution < 1.29 is 86.3 Å². The van der Waals surface area contributed by atoms with E-state index >= 15 is 0 Å². The SMILES string of the molecule is COC(=O)c1ccc(Br)c(OC)c1.COC(=O)c1ccc(C#N)c(OC)c1.COc1cc(C(=O)O)c(Br)cc1C#N.COc1cc(C(=O)O)ccc1C#N.COc1cc(C(N)=O)c(Br)cc1C#N.COc1cc2c(=O)[nH]sc2cc1C#N.COc1cc2c(OC[C@@H]3CCC(=O)N3)nsc2cc1C#N. The van der Waals surface area contributed by atoms with Gasteiger partial charge in [0.15, 0.2) is 0 Å². The molecule has 0 saturated carbocycles. The number of aromatic nitrogens is 2. The zero-order chi connectivity index (χ0) is 76.6. The Morgan fingerprint density at radius 1 is 0.505 bits per heavy atom. The number of rotatable bonds is 15. The Labute approximate surface area is 620 Å². The number of amides is 2. The second-order valence-corrected chi connectivity index (χ2v) is 23.8. The van der Waals surface area contributed by atoms with Gasteiger partial charge in [0.25, 0.3) is 5.56 Å². The number of nitrogens with two attached hydrogens (primary N) is 1. The van der Waals surface area contributed by atoms with Crippen molar-refractivity contribution in [2.75, 3.05) is 70.6 Å². The highest BCUT2D eigenvalue weighted by molar-refractivity contribution is 9.11. The van der Waals surface area contributed by atoms with E-state index in [0.29, 0.717) is 112 Å². The molecule has 1 saturated heterocycles. The third-order valence-corrected chi connectivity index (χ3v) is 17.1. The molecule has 530 valence electrons. The predicted molar refractivity (Wildman–Crippen MR) is 383 cm³/mol. The second-order valence-electron chi connectivity index (χ2n) is 19.6. The number of nitrogens with zero attached hydrogens (tertiary/aromatic N) is 7. The van der Waals surface area contributed by atoms with Crippen LogP contribution in [0.2, 0.25) is 0 Å². The number of carbonyl (C=O) groups excluding carboxylic acids is 4. The molecule has 3 heterocycles. The minimum Gasteiger partial charge on any atom is -0.496 e. The van der Waals surface area contributed by atoms with Gasteiger partial charge in [-0.2, -0.15) is 35.9 Å². The number of methoxy groups -OCH3 is 9. The van der Waals surface area contributed by atoms with Crippen LogP contribution in [0.15, 0.2) is 121 Å². The monoisotopic (exact) mass is 1630 g/mol. The Morgan fingerprint density at radius 2 is 0.913 bits per heavy atom. The number of nitrogens with one attached hydrogen (secondary N) is 2. The van der Waals surface area contributed by atoms with Crippen molar-refractivity contribution in [3.05, 3.63) is 188 Å². The number of aromatic carboxylic acids is 2. The summed E-state index contributed by atoms with van der Waals surface area (Å²) in [4.78, 5) is 76.8. The van der Waals surface area contributed by atoms with Crippen molar-refractivity contribution in [3.63, 3.8) is 0 Å². The topological polar surface area (TPSA) is 462 Å². The predicted octanol–water partition coefficient (Wildman–Crippen LogP) is 11.6. The lowest BCUT2D eigenvalue weighted by atomic mass is 10.1. The number of hydrogen-bond acceptors (Lipinski definition) is 26. The molecule has 2 amide bonds. The molecule has 0 bridgehead atoms. The minimum absolute atomic E-state index is 0.0366. The van der Waals surface area contributed by atoms with E-state index in [9.17, 15) is 33.6 Å². The highest BCUT2D eigenvalue weighted by Crippen LogP contribution is 2.35. The molecule has 1 aliphatic heterocycles. The van der Waals surface area contributed by atoms with Crippen molar-refractivity contribution in [3.8, 4) is 82.5 Å². The molecule has 0 spiro atoms. The van der Waals surface area contributed by atoms with E-state index < -0.39 is 23.8 Å². The summed E-state index contributed by atoms with van der Waals surface area (Å²) in [6, 6.07) is 37.9. The first-order valence-corrected chi connectivity index (χ1v) is 32.6. The van der Waals surface area contributed by atoms with E-state index in [1.807, 2.05) is 30.3 Å². The van der Waals surface area contributed by atoms with Crippen LogP contribution in [-0.4, -0.2) is 131 Å². The number of fused-ring (bicyclic) bond motifs is 2. The van der Waals surface area contributed by atoms with E-state index in [-0.39, 0.29) is 46.1 Å². The van der Waals surface area contributed by atoms with E-state index in [2.05, 4.69) is 77.4 Å². The van der Waals surface area contributed by atoms with E-state index in [4.69, 9.17) is 85.4 Å². The van der Waals surface area contributed by atoms with Crippen molar-refractivity contribution in [1.82, 2.24) is 14.1 Å². The number of H-pyrrole nitrogens is 1. The van der Waals surface area contributed by atoms with Gasteiger partial charge in [0, 0.05) is 15.4 Å². The van der Waals surface area contributed by atoms with E-state index in [1.54, 1.807) is 49.6 Å². The number of halogens is 3. The maximum Gasteiger partial charge on any atom is 0.337 e. The van der Waals surface area contributed by atoms with E-state index in [1.165, 1.54) is 141 Å². The standard InChI is InChI=1S/C14H13N3O3S.C10H9NO3.C9H7BrN2O2.C9H6BrNO3.C9H9BrO3.C9H6N2O2S.C9H7NO3/c1-19-11-5-10-12(4-8(11)6-15)21-17-14(10)20-7-9-2-3-13(18)16-9;1-13-9-5-7(10(12)14-2)3-4-8(9)6-11;2*1-14-8-3-6(9(12)13)7(10)2-5(8)4-11;1-12-8-5-6(9(11)13-2)3-4-7(8)10;1-13-7-3-6-8(2-5(7)4-10)14-11-9(6)12;1-13-8-4-6(9(11)12)2-3-7(8)5-10/h4-5,9H,2-3,7H2,1H3,(H,16,18);3-5H,1-2H3;2-3H,1H3,(H2,12,13);2-3H,1H3,(H,12,13);3-5H,1-2H3;2-3H,1H3,(H,11,12);2-4H,1H3,(H,11,12)/t9-;;;;;;/m0....../s1. The third kappa shape index (κ3) is 23.1. The lowest BCUT2D eigenvalue weighted by molar-refractivity contribution is -0.119. The second kappa shape index (κ2) is 41.3. The molecule has 2 aromatic heterocycles. The van der Waals surface area contributed by atoms with Gasteiger partial charge in [0.1, 0.15) is 83.3 Å². The fraction of sp³-hybridized carbons (Fsp3) is 0.188. The Kier molecular flexibility index (Phi) is 33.4. The molecule has 103 heavy (non-hydrogen) atoms. The van der Waals surface area contributed by atoms with Gasteiger partial charge in [-0.25, -0.2) is 19.2 Å². The summed E-state index contributed by atoms with van der Waals surface area (Å²) in [7, 11) is 12.8. The molecule has 9 aromatic rings. The fourth-order valence-corrected chi connectivity index (χ4v) is 11.3. The number of ether oxygens (including phenoxy) is 10. The van der Waals surface area contributed by atoms with Gasteiger partial charge in [-0.3, -0.25) is 18.8 Å². The van der Waals surface area contributed by atoms with Crippen molar-refractivity contribution in [1.29, 1.82) is 31.6 Å². The molecule has 1 atom stereocenters. The molecule has 29 nitrogen and oxygen atoms in total. The third-order valence-electron chi connectivity index (χ3n) is 13.5. The molecular weight excluding hydrogens is 1580 g/mol. The molecule has 10 rings (SSSR count). The summed E-state index contributed by atoms with van der Waals surface area (Å²) < 4.78 is 59.8. The smallest absolute Gasteiger partial charge is 0.337 e. The van der Waals surface area contributed by atoms with Crippen LogP contribution in [-0.2, 0) is 14.3 Å². The van der Waals surface area contributed by atoms with Crippen LogP contribution >= 0.6 is 70.9 Å². The number of carboxylic acids is 2. The number of carboxylic acid groups (broad SMARTS) is 2. The summed E-state index contributed by atoms with van der Waals surface area (Å²) in [5, 5.41) is 74.2. The van der Waals surface area contributed by atoms with Gasteiger partial charge < -0.3 is 68.6 Å². The van der Waals surface area contributed by atoms with Crippen LogP contribution in [0.3, 0.4) is 0 Å². The minimum atomic E-state index is -1.07. The number of benzene rings is 7. The van der Waals surface area contributed by atoms with Crippen LogP contribution in [0.5, 0.6) is 46.1 Å². The summed E-state index contributed by atoms with van der Waals surface area (Å²) in [5.41, 5.74) is 8.56. The van der Waals surface area contributed by atoms with Gasteiger partial charge in [-0.05, 0) is 169 Å². The number of aromatic amines is 1. The average molecular weight is 1630 g/mol. The first-order valence-electron chi connectivity index (χ1n) is 28.6. The van der Waals surface area contributed by atoms with Gasteiger partial charge in [-0.1, -0.05) is 11.5 Å². The lowest BCUT2D eigenvalue weighted by Gasteiger charge is -2.10. The number of hydrogen-bond donors (Lipinski definition) is 5. The van der Waals surface area contributed by atoms with Gasteiger partial charge in [-0.15, -0.1) is 0 Å². The maximum absolute atomic E-state index is 11.3. The van der Waals surface area contributed by atoms with Crippen molar-refractivity contribution in [2.24, 2.45) is 5.73 Å².